The average molecular weight is 418 g/mol. The predicted octanol–water partition coefficient (Wildman–Crippen LogP) is 3.68. The largest absolute Gasteiger partial charge is 0.462 e. The maximum absolute atomic E-state index is 12.2. The molecular weight excluding hydrogens is 390 g/mol. The Kier molecular flexibility index (Phi) is 7.50. The van der Waals surface area contributed by atoms with E-state index in [2.05, 4.69) is 36.4 Å². The Labute approximate surface area is 174 Å². The molecule has 0 fully saturated rings. The zero-order chi connectivity index (χ0) is 21.6. The molecule has 0 aliphatic rings. The number of esters is 1. The van der Waals surface area contributed by atoms with E-state index >= 15 is 0 Å². The van der Waals surface area contributed by atoms with Gasteiger partial charge < -0.3 is 15.4 Å². The van der Waals surface area contributed by atoms with Crippen LogP contribution >= 0.6 is 11.3 Å². The van der Waals surface area contributed by atoms with Crippen molar-refractivity contribution in [2.75, 3.05) is 18.5 Å². The third kappa shape index (κ3) is 6.39. The fourth-order valence-electron chi connectivity index (χ4n) is 2.53. The molecule has 29 heavy (non-hydrogen) atoms. The Balaban J connectivity index is 1.83. The van der Waals surface area contributed by atoms with Crippen LogP contribution in [0.1, 0.15) is 65.4 Å². The summed E-state index contributed by atoms with van der Waals surface area (Å²) in [4.78, 5) is 40.7. The molecule has 1 heterocycles. The highest BCUT2D eigenvalue weighted by atomic mass is 32.1. The van der Waals surface area contributed by atoms with Crippen LogP contribution in [0.25, 0.3) is 0 Å². The molecule has 0 saturated carbocycles. The fraction of sp³-hybridized carbons (Fsp3) is 0.429. The summed E-state index contributed by atoms with van der Waals surface area (Å²) in [6, 6.07) is 7.44. The van der Waals surface area contributed by atoms with Crippen LogP contribution in [-0.4, -0.2) is 35.9 Å². The molecular formula is C21H27N3O4S. The summed E-state index contributed by atoms with van der Waals surface area (Å²) >= 11 is 1.07. The first kappa shape index (κ1) is 22.5. The first-order valence-corrected chi connectivity index (χ1v) is 10.3. The third-order valence-corrected chi connectivity index (χ3v) is 5.21. The van der Waals surface area contributed by atoms with Crippen LogP contribution < -0.4 is 10.6 Å². The molecule has 0 unspecified atom stereocenters. The van der Waals surface area contributed by atoms with Crippen molar-refractivity contribution in [3.63, 3.8) is 0 Å². The number of aryl methyl sites for hydroxylation is 1. The van der Waals surface area contributed by atoms with E-state index in [1.165, 1.54) is 0 Å². The number of nitrogens with zero attached hydrogens (tertiary/aromatic N) is 1. The van der Waals surface area contributed by atoms with E-state index in [0.29, 0.717) is 21.3 Å². The number of ether oxygens (including phenoxy) is 1. The molecule has 2 N–H and O–H groups in total. The number of aromatic nitrogens is 1. The van der Waals surface area contributed by atoms with Gasteiger partial charge in [0.15, 0.2) is 5.13 Å². The molecule has 1 aromatic heterocycles. The number of hydrogen-bond acceptors (Lipinski definition) is 6. The lowest BCUT2D eigenvalue weighted by molar-refractivity contribution is -0.116. The summed E-state index contributed by atoms with van der Waals surface area (Å²) in [5.41, 5.74) is 2.23. The summed E-state index contributed by atoms with van der Waals surface area (Å²) in [6.45, 7) is 10.2. The van der Waals surface area contributed by atoms with E-state index in [1.54, 1.807) is 26.0 Å². The molecule has 2 rings (SSSR count). The SMILES string of the molecule is CCOC(=O)c1sc(NC(=O)CCNC(=O)c2ccc(C(C)(C)C)cc2)nc1C. The summed E-state index contributed by atoms with van der Waals surface area (Å²) in [7, 11) is 0. The molecule has 2 amide bonds. The van der Waals surface area contributed by atoms with Gasteiger partial charge in [0.1, 0.15) is 4.88 Å². The number of benzene rings is 1. The molecule has 1 aromatic carbocycles. The van der Waals surface area contributed by atoms with E-state index in [1.807, 2.05) is 12.1 Å². The van der Waals surface area contributed by atoms with Crippen LogP contribution in [0.5, 0.6) is 0 Å². The van der Waals surface area contributed by atoms with Gasteiger partial charge in [-0.15, -0.1) is 0 Å². The standard InChI is InChI=1S/C21H27N3O4S/c1-6-28-19(27)17-13(2)23-20(29-17)24-16(25)11-12-22-18(26)14-7-9-15(10-8-14)21(3,4)5/h7-10H,6,11-12H2,1-5H3,(H,22,26)(H,23,24,25). The van der Waals surface area contributed by atoms with Crippen molar-refractivity contribution in [2.24, 2.45) is 0 Å². The van der Waals surface area contributed by atoms with Crippen molar-refractivity contribution >= 4 is 34.3 Å². The van der Waals surface area contributed by atoms with E-state index in [-0.39, 0.29) is 36.8 Å². The molecule has 0 bridgehead atoms. The van der Waals surface area contributed by atoms with Crippen molar-refractivity contribution in [3.05, 3.63) is 46.0 Å². The second-order valence-electron chi connectivity index (χ2n) is 7.54. The number of hydrogen-bond donors (Lipinski definition) is 2. The van der Waals surface area contributed by atoms with Gasteiger partial charge in [0.2, 0.25) is 5.91 Å². The normalized spacial score (nSPS) is 11.1. The average Bonchev–Trinajstić information content (AvgIpc) is 3.01. The van der Waals surface area contributed by atoms with Crippen LogP contribution in [0.3, 0.4) is 0 Å². The number of nitrogens with one attached hydrogen (secondary N) is 2. The quantitative estimate of drug-likeness (QED) is 0.670. The smallest absolute Gasteiger partial charge is 0.350 e. The summed E-state index contributed by atoms with van der Waals surface area (Å²) in [6.07, 6.45) is 0.0964. The second-order valence-corrected chi connectivity index (χ2v) is 8.53. The highest BCUT2D eigenvalue weighted by Crippen LogP contribution is 2.24. The van der Waals surface area contributed by atoms with Crippen LogP contribution in [-0.2, 0) is 14.9 Å². The third-order valence-electron chi connectivity index (χ3n) is 4.15. The van der Waals surface area contributed by atoms with E-state index < -0.39 is 5.97 Å². The first-order chi connectivity index (χ1) is 13.6. The Morgan fingerprint density at radius 1 is 1.14 bits per heavy atom. The predicted molar refractivity (Wildman–Crippen MR) is 114 cm³/mol. The van der Waals surface area contributed by atoms with Gasteiger partial charge in [-0.1, -0.05) is 44.2 Å². The Morgan fingerprint density at radius 2 is 1.79 bits per heavy atom. The molecule has 0 saturated heterocycles. The second kappa shape index (κ2) is 9.65. The van der Waals surface area contributed by atoms with E-state index in [0.717, 1.165) is 16.9 Å². The molecule has 0 spiro atoms. The summed E-state index contributed by atoms with van der Waals surface area (Å²) in [5.74, 6) is -0.974. The Bertz CT molecular complexity index is 882. The monoisotopic (exact) mass is 417 g/mol. The number of rotatable bonds is 7. The van der Waals surface area contributed by atoms with Crippen LogP contribution in [0.4, 0.5) is 5.13 Å². The molecule has 8 heteroatoms. The minimum Gasteiger partial charge on any atom is -0.462 e. The maximum atomic E-state index is 12.2. The van der Waals surface area contributed by atoms with E-state index in [4.69, 9.17) is 4.74 Å². The minimum atomic E-state index is -0.451. The van der Waals surface area contributed by atoms with Crippen molar-refractivity contribution in [3.8, 4) is 0 Å². The van der Waals surface area contributed by atoms with Gasteiger partial charge in [-0.3, -0.25) is 9.59 Å². The zero-order valence-corrected chi connectivity index (χ0v) is 18.2. The van der Waals surface area contributed by atoms with Crippen LogP contribution in [0.2, 0.25) is 0 Å². The maximum Gasteiger partial charge on any atom is 0.350 e. The fourth-order valence-corrected chi connectivity index (χ4v) is 3.41. The zero-order valence-electron chi connectivity index (χ0n) is 17.4. The highest BCUT2D eigenvalue weighted by molar-refractivity contribution is 7.17. The van der Waals surface area contributed by atoms with Crippen molar-refractivity contribution in [1.29, 1.82) is 0 Å². The van der Waals surface area contributed by atoms with Gasteiger partial charge in [-0.2, -0.15) is 0 Å². The van der Waals surface area contributed by atoms with Gasteiger partial charge >= 0.3 is 5.97 Å². The number of carbonyl (C=O) groups excluding carboxylic acids is 3. The molecule has 2 aromatic rings. The molecule has 0 atom stereocenters. The topological polar surface area (TPSA) is 97.4 Å². The molecule has 156 valence electrons. The number of thiazole rings is 1. The number of anilines is 1. The summed E-state index contributed by atoms with van der Waals surface area (Å²) in [5, 5.41) is 5.71. The van der Waals surface area contributed by atoms with Crippen molar-refractivity contribution < 1.29 is 19.1 Å². The van der Waals surface area contributed by atoms with E-state index in [9.17, 15) is 14.4 Å². The van der Waals surface area contributed by atoms with Crippen LogP contribution in [0, 0.1) is 6.92 Å². The van der Waals surface area contributed by atoms with Gasteiger partial charge in [0, 0.05) is 18.5 Å². The van der Waals surface area contributed by atoms with Gasteiger partial charge in [0.05, 0.1) is 12.3 Å². The number of carbonyl (C=O) groups is 3. The Hall–Kier alpha value is -2.74. The summed E-state index contributed by atoms with van der Waals surface area (Å²) < 4.78 is 4.96. The number of amides is 2. The van der Waals surface area contributed by atoms with Gasteiger partial charge in [-0.25, -0.2) is 9.78 Å². The van der Waals surface area contributed by atoms with Crippen molar-refractivity contribution in [1.82, 2.24) is 10.3 Å². The molecule has 0 radical (unpaired) electrons. The van der Waals surface area contributed by atoms with Crippen LogP contribution in [0.15, 0.2) is 24.3 Å². The lowest BCUT2D eigenvalue weighted by atomic mass is 9.87. The van der Waals surface area contributed by atoms with Gasteiger partial charge in [-0.05, 0) is 37.0 Å². The highest BCUT2D eigenvalue weighted by Gasteiger charge is 2.18. The molecule has 0 aliphatic carbocycles. The minimum absolute atomic E-state index is 0.0222. The lowest BCUT2D eigenvalue weighted by Crippen LogP contribution is -2.27. The lowest BCUT2D eigenvalue weighted by Gasteiger charge is -2.19. The van der Waals surface area contributed by atoms with Crippen molar-refractivity contribution in [2.45, 2.75) is 46.5 Å². The molecule has 0 aliphatic heterocycles. The first-order valence-electron chi connectivity index (χ1n) is 9.45. The molecule has 7 nitrogen and oxygen atoms in total. The Morgan fingerprint density at radius 3 is 2.38 bits per heavy atom. The van der Waals surface area contributed by atoms with Gasteiger partial charge in [0.25, 0.3) is 5.91 Å².